The summed E-state index contributed by atoms with van der Waals surface area (Å²) >= 11 is 11.9. The Morgan fingerprint density at radius 3 is 2.59 bits per heavy atom. The number of carbonyl (C=O) groups excluding carboxylic acids is 1. The fraction of sp³-hybridized carbons (Fsp3) is 0.188. The van der Waals surface area contributed by atoms with Gasteiger partial charge in [-0.3, -0.25) is 4.79 Å². The van der Waals surface area contributed by atoms with Gasteiger partial charge in [-0.2, -0.15) is 0 Å². The maximum atomic E-state index is 12.0. The molecule has 0 saturated heterocycles. The van der Waals surface area contributed by atoms with Crippen LogP contribution in [0, 0.1) is 6.92 Å². The summed E-state index contributed by atoms with van der Waals surface area (Å²) in [5.74, 6) is 0.415. The lowest BCUT2D eigenvalue weighted by Gasteiger charge is -2.12. The van der Waals surface area contributed by atoms with Crippen molar-refractivity contribution >= 4 is 40.5 Å². The molecule has 2 rings (SSSR count). The zero-order chi connectivity index (χ0) is 16.1. The minimum absolute atomic E-state index is 0.0818. The molecule has 4 nitrogen and oxygen atoms in total. The zero-order valence-corrected chi connectivity index (χ0v) is 13.8. The first kappa shape index (κ1) is 16.5. The molecule has 1 amide bonds. The highest BCUT2D eigenvalue weighted by atomic mass is 35.5. The Morgan fingerprint density at radius 1 is 1.14 bits per heavy atom. The summed E-state index contributed by atoms with van der Waals surface area (Å²) in [7, 11) is 1.56. The van der Waals surface area contributed by atoms with Crippen LogP contribution in [-0.4, -0.2) is 19.6 Å². The molecule has 6 heteroatoms. The molecular weight excluding hydrogens is 323 g/mol. The van der Waals surface area contributed by atoms with Crippen LogP contribution in [0.4, 0.5) is 11.4 Å². The number of methoxy groups -OCH3 is 1. The molecule has 0 aliphatic carbocycles. The van der Waals surface area contributed by atoms with Gasteiger partial charge >= 0.3 is 0 Å². The number of aryl methyl sites for hydroxylation is 1. The normalized spacial score (nSPS) is 10.2. The van der Waals surface area contributed by atoms with E-state index in [2.05, 4.69) is 10.6 Å². The minimum atomic E-state index is -0.199. The van der Waals surface area contributed by atoms with Gasteiger partial charge in [0.15, 0.2) is 0 Å². The lowest BCUT2D eigenvalue weighted by molar-refractivity contribution is -0.114. The van der Waals surface area contributed by atoms with Gasteiger partial charge in [-0.25, -0.2) is 0 Å². The SMILES string of the molecule is COc1ccc(C)cc1NC(=O)CNc1ccc(Cl)cc1Cl. The fourth-order valence-corrected chi connectivity index (χ4v) is 2.40. The Kier molecular flexibility index (Phi) is 5.52. The molecule has 0 bridgehead atoms. The van der Waals surface area contributed by atoms with E-state index in [1.807, 2.05) is 25.1 Å². The van der Waals surface area contributed by atoms with Crippen LogP contribution in [0.5, 0.6) is 5.75 Å². The molecule has 116 valence electrons. The largest absolute Gasteiger partial charge is 0.495 e. The molecule has 0 radical (unpaired) electrons. The minimum Gasteiger partial charge on any atom is -0.495 e. The number of anilines is 2. The van der Waals surface area contributed by atoms with Crippen molar-refractivity contribution in [3.63, 3.8) is 0 Å². The van der Waals surface area contributed by atoms with Gasteiger partial charge in [-0.15, -0.1) is 0 Å². The quantitative estimate of drug-likeness (QED) is 0.851. The second-order valence-electron chi connectivity index (χ2n) is 4.73. The molecule has 0 aromatic heterocycles. The lowest BCUT2D eigenvalue weighted by atomic mass is 10.2. The van der Waals surface area contributed by atoms with Gasteiger partial charge in [0, 0.05) is 5.02 Å². The van der Waals surface area contributed by atoms with Crippen molar-refractivity contribution in [1.29, 1.82) is 0 Å². The summed E-state index contributed by atoms with van der Waals surface area (Å²) < 4.78 is 5.23. The monoisotopic (exact) mass is 338 g/mol. The van der Waals surface area contributed by atoms with Crippen molar-refractivity contribution in [3.8, 4) is 5.75 Å². The number of hydrogen-bond acceptors (Lipinski definition) is 3. The Bertz CT molecular complexity index is 690. The number of halogens is 2. The molecule has 0 unspecified atom stereocenters. The Labute approximate surface area is 139 Å². The summed E-state index contributed by atoms with van der Waals surface area (Å²) in [5, 5.41) is 6.79. The predicted octanol–water partition coefficient (Wildman–Crippen LogP) is 4.36. The highest BCUT2D eigenvalue weighted by Crippen LogP contribution is 2.26. The van der Waals surface area contributed by atoms with E-state index in [1.54, 1.807) is 25.3 Å². The van der Waals surface area contributed by atoms with Gasteiger partial charge < -0.3 is 15.4 Å². The molecular formula is C16H16Cl2N2O2. The van der Waals surface area contributed by atoms with Gasteiger partial charge in [0.1, 0.15) is 5.75 Å². The highest BCUT2D eigenvalue weighted by Gasteiger charge is 2.09. The van der Waals surface area contributed by atoms with Crippen molar-refractivity contribution < 1.29 is 9.53 Å². The van der Waals surface area contributed by atoms with E-state index in [0.717, 1.165) is 5.56 Å². The number of nitrogens with one attached hydrogen (secondary N) is 2. The third kappa shape index (κ3) is 4.29. The van der Waals surface area contributed by atoms with Crippen LogP contribution in [0.3, 0.4) is 0 Å². The molecule has 0 spiro atoms. The maximum Gasteiger partial charge on any atom is 0.243 e. The van der Waals surface area contributed by atoms with Crippen LogP contribution in [0.25, 0.3) is 0 Å². The average Bonchev–Trinajstić information content (AvgIpc) is 2.46. The molecule has 2 N–H and O–H groups in total. The van der Waals surface area contributed by atoms with Crippen molar-refractivity contribution in [1.82, 2.24) is 0 Å². The number of carbonyl (C=O) groups is 1. The van der Waals surface area contributed by atoms with Gasteiger partial charge in [0.25, 0.3) is 0 Å². The molecule has 2 aromatic rings. The fourth-order valence-electron chi connectivity index (χ4n) is 1.92. The Morgan fingerprint density at radius 2 is 1.91 bits per heavy atom. The van der Waals surface area contributed by atoms with Crippen molar-refractivity contribution in [2.45, 2.75) is 6.92 Å². The van der Waals surface area contributed by atoms with Crippen LogP contribution < -0.4 is 15.4 Å². The third-order valence-electron chi connectivity index (χ3n) is 3.00. The highest BCUT2D eigenvalue weighted by molar-refractivity contribution is 6.36. The van der Waals surface area contributed by atoms with Gasteiger partial charge in [-0.05, 0) is 42.8 Å². The summed E-state index contributed by atoms with van der Waals surface area (Å²) in [4.78, 5) is 12.0. The first-order chi connectivity index (χ1) is 10.5. The van der Waals surface area contributed by atoms with E-state index in [0.29, 0.717) is 27.2 Å². The second kappa shape index (κ2) is 7.38. The first-order valence-electron chi connectivity index (χ1n) is 6.63. The average molecular weight is 339 g/mol. The summed E-state index contributed by atoms with van der Waals surface area (Å²) in [5.41, 5.74) is 2.32. The molecule has 22 heavy (non-hydrogen) atoms. The molecule has 0 saturated carbocycles. The van der Waals surface area contributed by atoms with E-state index in [4.69, 9.17) is 27.9 Å². The van der Waals surface area contributed by atoms with Crippen LogP contribution >= 0.6 is 23.2 Å². The van der Waals surface area contributed by atoms with E-state index in [9.17, 15) is 4.79 Å². The molecule has 0 aliphatic heterocycles. The predicted molar refractivity (Wildman–Crippen MR) is 91.3 cm³/mol. The standard InChI is InChI=1S/C16H16Cl2N2O2/c1-10-3-6-15(22-2)14(7-10)20-16(21)9-19-13-5-4-11(17)8-12(13)18/h3-8,19H,9H2,1-2H3,(H,20,21). The van der Waals surface area contributed by atoms with E-state index in [-0.39, 0.29) is 12.5 Å². The summed E-state index contributed by atoms with van der Waals surface area (Å²) in [6.07, 6.45) is 0. The van der Waals surface area contributed by atoms with Gasteiger partial charge in [-0.1, -0.05) is 29.3 Å². The number of rotatable bonds is 5. The van der Waals surface area contributed by atoms with E-state index < -0.39 is 0 Å². The first-order valence-corrected chi connectivity index (χ1v) is 7.38. The molecule has 0 aliphatic rings. The number of amides is 1. The summed E-state index contributed by atoms with van der Waals surface area (Å²) in [6, 6.07) is 10.6. The van der Waals surface area contributed by atoms with Crippen LogP contribution in [0.15, 0.2) is 36.4 Å². The maximum absolute atomic E-state index is 12.0. The van der Waals surface area contributed by atoms with Crippen LogP contribution in [0.1, 0.15) is 5.56 Å². The smallest absolute Gasteiger partial charge is 0.243 e. The topological polar surface area (TPSA) is 50.4 Å². The second-order valence-corrected chi connectivity index (χ2v) is 5.57. The number of hydrogen-bond donors (Lipinski definition) is 2. The van der Waals surface area contributed by atoms with Gasteiger partial charge in [0.2, 0.25) is 5.91 Å². The molecule has 0 atom stereocenters. The lowest BCUT2D eigenvalue weighted by Crippen LogP contribution is -2.22. The van der Waals surface area contributed by atoms with E-state index in [1.165, 1.54) is 0 Å². The van der Waals surface area contributed by atoms with E-state index >= 15 is 0 Å². The van der Waals surface area contributed by atoms with Crippen LogP contribution in [0.2, 0.25) is 10.0 Å². The zero-order valence-electron chi connectivity index (χ0n) is 12.2. The van der Waals surface area contributed by atoms with Crippen molar-refractivity contribution in [2.75, 3.05) is 24.3 Å². The van der Waals surface area contributed by atoms with Crippen LogP contribution in [-0.2, 0) is 4.79 Å². The number of ether oxygens (including phenoxy) is 1. The van der Waals surface area contributed by atoms with Crippen molar-refractivity contribution in [2.24, 2.45) is 0 Å². The van der Waals surface area contributed by atoms with Crippen molar-refractivity contribution in [3.05, 3.63) is 52.0 Å². The Balaban J connectivity index is 2.00. The van der Waals surface area contributed by atoms with Gasteiger partial charge in [0.05, 0.1) is 30.1 Å². The number of benzene rings is 2. The molecule has 0 fully saturated rings. The Hall–Kier alpha value is -1.91. The summed E-state index contributed by atoms with van der Waals surface area (Å²) in [6.45, 7) is 2.03. The molecule has 0 heterocycles. The third-order valence-corrected chi connectivity index (χ3v) is 3.55. The molecule has 2 aromatic carbocycles.